The average molecular weight is 635 g/mol. The third-order valence-electron chi connectivity index (χ3n) is 7.23. The van der Waals surface area contributed by atoms with Gasteiger partial charge in [0.25, 0.3) is 0 Å². The smallest absolute Gasteiger partial charge is 0.406 e. The van der Waals surface area contributed by atoms with E-state index in [-0.39, 0.29) is 11.8 Å². The van der Waals surface area contributed by atoms with Gasteiger partial charge in [0.2, 0.25) is 0 Å². The molecule has 0 aliphatic carbocycles. The Balaban J connectivity index is 1.31. The van der Waals surface area contributed by atoms with Crippen molar-refractivity contribution in [1.29, 1.82) is 0 Å². The van der Waals surface area contributed by atoms with Gasteiger partial charge in [-0.25, -0.2) is 14.5 Å². The highest BCUT2D eigenvalue weighted by atomic mass is 32.1. The van der Waals surface area contributed by atoms with E-state index in [9.17, 15) is 18.0 Å². The van der Waals surface area contributed by atoms with Crippen LogP contribution in [-0.2, 0) is 0 Å². The summed E-state index contributed by atoms with van der Waals surface area (Å²) >= 11 is 1.43. The van der Waals surface area contributed by atoms with Gasteiger partial charge in [-0.1, -0.05) is 57.2 Å². The topological polar surface area (TPSA) is 86.3 Å². The lowest BCUT2D eigenvalue weighted by atomic mass is 9.99. The zero-order valence-electron chi connectivity index (χ0n) is 25.5. The zero-order valence-corrected chi connectivity index (χ0v) is 26.3. The minimum absolute atomic E-state index is 0.266. The first-order valence-electron chi connectivity index (χ1n) is 14.4. The number of carbonyl (C=O) groups excluding carboxylic acids is 1. The summed E-state index contributed by atoms with van der Waals surface area (Å²) < 4.78 is 44.8. The number of urea groups is 1. The molecular weight excluding hydrogens is 601 g/mol. The van der Waals surface area contributed by atoms with Gasteiger partial charge in [-0.3, -0.25) is 4.57 Å². The van der Waals surface area contributed by atoms with Crippen molar-refractivity contribution >= 4 is 17.4 Å². The van der Waals surface area contributed by atoms with Crippen LogP contribution in [0.1, 0.15) is 61.5 Å². The fraction of sp³-hybridized carbons (Fsp3) is 0.273. The molecule has 0 radical (unpaired) electrons. The number of ether oxygens (including phenoxy) is 1. The minimum Gasteiger partial charge on any atom is -0.406 e. The third kappa shape index (κ3) is 7.51. The normalized spacial score (nSPS) is 12.9. The number of hydrogen-bond donors (Lipinski definition) is 1. The van der Waals surface area contributed by atoms with Gasteiger partial charge in [0.1, 0.15) is 12.1 Å². The maximum atomic E-state index is 13.2. The molecule has 8 nitrogen and oxygen atoms in total. The van der Waals surface area contributed by atoms with Crippen molar-refractivity contribution in [2.45, 2.75) is 59.4 Å². The number of aryl methyl sites for hydroxylation is 2. The first-order chi connectivity index (χ1) is 21.4. The quantitative estimate of drug-likeness (QED) is 0.187. The van der Waals surface area contributed by atoms with Crippen LogP contribution in [0.5, 0.6) is 5.75 Å². The number of amides is 2. The number of nitrogens with zero attached hydrogens (tertiary/aromatic N) is 5. The fourth-order valence-corrected chi connectivity index (χ4v) is 5.84. The first kappa shape index (κ1) is 31.7. The summed E-state index contributed by atoms with van der Waals surface area (Å²) in [6.07, 6.45) is -2.62. The molecule has 0 spiro atoms. The van der Waals surface area contributed by atoms with Crippen LogP contribution in [0, 0.1) is 13.8 Å². The summed E-state index contributed by atoms with van der Waals surface area (Å²) in [6.45, 7) is 10.4. The molecule has 5 aromatic rings. The van der Waals surface area contributed by atoms with Crippen LogP contribution in [-0.4, -0.2) is 31.7 Å². The molecule has 2 amide bonds. The Kier molecular flexibility index (Phi) is 9.24. The Morgan fingerprint density at radius 3 is 2.40 bits per heavy atom. The lowest BCUT2D eigenvalue weighted by molar-refractivity contribution is -0.274. The Morgan fingerprint density at radius 1 is 1.04 bits per heavy atom. The average Bonchev–Trinajstić information content (AvgIpc) is 3.62. The predicted octanol–water partition coefficient (Wildman–Crippen LogP) is 8.19. The number of nitrogens with one attached hydrogen (secondary N) is 1. The molecule has 2 heterocycles. The maximum absolute atomic E-state index is 13.2. The first-order valence-corrected chi connectivity index (χ1v) is 15.3. The molecule has 0 aliphatic rings. The zero-order chi connectivity index (χ0) is 32.3. The van der Waals surface area contributed by atoms with Crippen molar-refractivity contribution in [1.82, 2.24) is 24.6 Å². The van der Waals surface area contributed by atoms with Crippen LogP contribution >= 0.6 is 11.3 Å². The number of thiazole rings is 1. The van der Waals surface area contributed by atoms with Gasteiger partial charge >= 0.3 is 12.4 Å². The second-order valence-electron chi connectivity index (χ2n) is 10.9. The van der Waals surface area contributed by atoms with Gasteiger partial charge in [-0.2, -0.15) is 4.99 Å². The van der Waals surface area contributed by atoms with Crippen LogP contribution in [0.4, 0.5) is 18.0 Å². The molecule has 0 aliphatic heterocycles. The number of carbonyl (C=O) groups is 1. The van der Waals surface area contributed by atoms with Crippen LogP contribution in [0.25, 0.3) is 22.8 Å². The maximum Gasteiger partial charge on any atom is 0.573 e. The molecular formula is C33H33F3N6O2S. The van der Waals surface area contributed by atoms with E-state index in [1.165, 1.54) is 52.2 Å². The highest BCUT2D eigenvalue weighted by molar-refractivity contribution is 7.07. The second kappa shape index (κ2) is 13.1. The lowest BCUT2D eigenvalue weighted by Crippen LogP contribution is -2.28. The number of benzene rings is 3. The Labute approximate surface area is 262 Å². The predicted molar refractivity (Wildman–Crippen MR) is 168 cm³/mol. The van der Waals surface area contributed by atoms with Crippen molar-refractivity contribution in [3.05, 3.63) is 106 Å². The standard InChI is InChI=1S/C33H33F3N6O2S/c1-6-28(38-31(43)39-32-42(22(5)18-45-32)29-17-21(4)7-16-27(29)20(2)3)23-8-10-24(11-9-23)30-37-19-41(40-30)25-12-14-26(15-13-25)44-33(34,35)36/h7-20,28H,6H2,1-5H3,(H,38,43). The molecule has 1 unspecified atom stereocenters. The molecule has 1 N–H and O–H groups in total. The highest BCUT2D eigenvalue weighted by Gasteiger charge is 2.31. The highest BCUT2D eigenvalue weighted by Crippen LogP contribution is 2.27. The Morgan fingerprint density at radius 2 is 1.76 bits per heavy atom. The SMILES string of the molecule is CCC(NC(=O)N=c1scc(C)n1-c1cc(C)ccc1C(C)C)c1ccc(-c2ncn(-c3ccc(OC(F)(F)F)cc3)n2)cc1. The van der Waals surface area contributed by atoms with Crippen LogP contribution in [0.2, 0.25) is 0 Å². The number of aromatic nitrogens is 4. The Bertz CT molecular complexity index is 1860. The molecule has 234 valence electrons. The molecule has 0 fully saturated rings. The summed E-state index contributed by atoms with van der Waals surface area (Å²) in [5.41, 5.74) is 6.53. The number of halogens is 3. The summed E-state index contributed by atoms with van der Waals surface area (Å²) in [7, 11) is 0. The van der Waals surface area contributed by atoms with E-state index in [4.69, 9.17) is 0 Å². The van der Waals surface area contributed by atoms with E-state index in [1.807, 2.05) is 48.1 Å². The largest absolute Gasteiger partial charge is 0.573 e. The summed E-state index contributed by atoms with van der Waals surface area (Å²) in [4.78, 5) is 22.6. The van der Waals surface area contributed by atoms with Gasteiger partial charge in [0.15, 0.2) is 10.6 Å². The molecule has 3 aromatic carbocycles. The van der Waals surface area contributed by atoms with Crippen LogP contribution in [0.15, 0.2) is 83.4 Å². The third-order valence-corrected chi connectivity index (χ3v) is 8.17. The number of hydrogen-bond acceptors (Lipinski definition) is 5. The van der Waals surface area contributed by atoms with Crippen molar-refractivity contribution in [3.63, 3.8) is 0 Å². The lowest BCUT2D eigenvalue weighted by Gasteiger charge is -2.17. The van der Waals surface area contributed by atoms with Gasteiger partial charge in [-0.05, 0) is 73.2 Å². The minimum atomic E-state index is -4.76. The monoisotopic (exact) mass is 634 g/mol. The van der Waals surface area contributed by atoms with E-state index in [1.54, 1.807) is 0 Å². The number of rotatable bonds is 8. The van der Waals surface area contributed by atoms with Crippen LogP contribution in [0.3, 0.4) is 0 Å². The molecule has 0 saturated carbocycles. The Hall–Kier alpha value is -4.71. The van der Waals surface area contributed by atoms with E-state index in [2.05, 4.69) is 64.1 Å². The van der Waals surface area contributed by atoms with E-state index in [0.29, 0.717) is 28.7 Å². The summed E-state index contributed by atoms with van der Waals surface area (Å²) in [5.74, 6) is 0.432. The van der Waals surface area contributed by atoms with Gasteiger partial charge in [0.05, 0.1) is 17.4 Å². The van der Waals surface area contributed by atoms with E-state index in [0.717, 1.165) is 28.1 Å². The number of alkyl halides is 3. The summed E-state index contributed by atoms with van der Waals surface area (Å²) in [6, 6.07) is 18.6. The van der Waals surface area contributed by atoms with Crippen molar-refractivity contribution < 1.29 is 22.7 Å². The molecule has 0 bridgehead atoms. The molecule has 12 heteroatoms. The van der Waals surface area contributed by atoms with Gasteiger partial charge in [0, 0.05) is 16.6 Å². The molecule has 5 rings (SSSR count). The molecule has 1 atom stereocenters. The fourth-order valence-electron chi connectivity index (χ4n) is 4.97. The van der Waals surface area contributed by atoms with Crippen LogP contribution < -0.4 is 14.9 Å². The molecule has 2 aromatic heterocycles. The summed E-state index contributed by atoms with van der Waals surface area (Å²) in [5, 5.41) is 9.50. The second-order valence-corrected chi connectivity index (χ2v) is 11.7. The van der Waals surface area contributed by atoms with Crippen molar-refractivity contribution in [2.24, 2.45) is 4.99 Å². The van der Waals surface area contributed by atoms with E-state index >= 15 is 0 Å². The van der Waals surface area contributed by atoms with Gasteiger partial charge in [-0.15, -0.1) is 29.6 Å². The molecule has 45 heavy (non-hydrogen) atoms. The van der Waals surface area contributed by atoms with Gasteiger partial charge < -0.3 is 10.1 Å². The van der Waals surface area contributed by atoms with Crippen molar-refractivity contribution in [2.75, 3.05) is 0 Å². The van der Waals surface area contributed by atoms with E-state index < -0.39 is 12.4 Å². The molecule has 0 saturated heterocycles. The van der Waals surface area contributed by atoms with Crippen molar-refractivity contribution in [3.8, 4) is 28.5 Å².